The molecule has 0 aromatic rings. The molecule has 0 radical (unpaired) electrons. The van der Waals surface area contributed by atoms with Gasteiger partial charge >= 0.3 is 12.1 Å². The number of alkyl carbamates (subject to hydrolysis) is 1. The van der Waals surface area contributed by atoms with Crippen molar-refractivity contribution in [3.8, 4) is 0 Å². The maximum atomic E-state index is 12.4. The Morgan fingerprint density at radius 1 is 1.07 bits per heavy atom. The Morgan fingerprint density at radius 3 is 2.11 bits per heavy atom. The number of nitrogens with one attached hydrogen (secondary N) is 2. The van der Waals surface area contributed by atoms with Gasteiger partial charge in [-0.25, -0.2) is 4.79 Å². The number of carboxylic acids is 1. The van der Waals surface area contributed by atoms with Gasteiger partial charge in [-0.2, -0.15) is 0 Å². The van der Waals surface area contributed by atoms with Crippen molar-refractivity contribution in [2.75, 3.05) is 0 Å². The number of imide groups is 1. The summed E-state index contributed by atoms with van der Waals surface area (Å²) >= 11 is 0. The Hall–Kier alpha value is -2.16. The lowest BCUT2D eigenvalue weighted by Gasteiger charge is -2.25. The van der Waals surface area contributed by atoms with Crippen molar-refractivity contribution in [2.24, 2.45) is 5.73 Å². The first-order valence-electron chi connectivity index (χ1n) is 9.70. The summed E-state index contributed by atoms with van der Waals surface area (Å²) in [4.78, 5) is 48.1. The van der Waals surface area contributed by atoms with E-state index in [0.717, 1.165) is 12.8 Å². The van der Waals surface area contributed by atoms with Crippen molar-refractivity contribution in [3.63, 3.8) is 0 Å². The number of carbonyl (C=O) groups excluding carboxylic acids is 3. The predicted octanol–water partition coefficient (Wildman–Crippen LogP) is 2.08. The van der Waals surface area contributed by atoms with Crippen LogP contribution in [0.1, 0.15) is 79.6 Å². The van der Waals surface area contributed by atoms with Crippen molar-refractivity contribution in [3.05, 3.63) is 0 Å². The second kappa shape index (κ2) is 11.6. The maximum absolute atomic E-state index is 12.4. The number of hydrogen-bond donors (Lipinski definition) is 4. The molecule has 0 bridgehead atoms. The van der Waals surface area contributed by atoms with E-state index in [1.165, 1.54) is 0 Å². The van der Waals surface area contributed by atoms with Gasteiger partial charge in [0.1, 0.15) is 17.2 Å². The average Bonchev–Trinajstić information content (AvgIpc) is 2.54. The SMILES string of the molecule is CCCCC(NC(=O)OC(C)(C)C)C(=O)NC(=O)CC(N)(CCCC)C(=O)O. The molecule has 9 nitrogen and oxygen atoms in total. The second-order valence-electron chi connectivity index (χ2n) is 8.00. The zero-order valence-electron chi connectivity index (χ0n) is 17.6. The van der Waals surface area contributed by atoms with Crippen LogP contribution in [0, 0.1) is 0 Å². The van der Waals surface area contributed by atoms with Gasteiger partial charge < -0.3 is 20.9 Å². The highest BCUT2D eigenvalue weighted by molar-refractivity contribution is 6.00. The van der Waals surface area contributed by atoms with E-state index in [1.54, 1.807) is 20.8 Å². The van der Waals surface area contributed by atoms with Gasteiger partial charge in [0.25, 0.3) is 0 Å². The fourth-order valence-corrected chi connectivity index (χ4v) is 2.45. The minimum atomic E-state index is -1.74. The van der Waals surface area contributed by atoms with Gasteiger partial charge in [0.05, 0.1) is 6.42 Å². The summed E-state index contributed by atoms with van der Waals surface area (Å²) in [6.45, 7) is 8.89. The number of hydrogen-bond acceptors (Lipinski definition) is 6. The minimum Gasteiger partial charge on any atom is -0.480 e. The zero-order valence-corrected chi connectivity index (χ0v) is 17.6. The van der Waals surface area contributed by atoms with E-state index >= 15 is 0 Å². The molecule has 28 heavy (non-hydrogen) atoms. The fraction of sp³-hybridized carbons (Fsp3) is 0.789. The third-order valence-electron chi connectivity index (χ3n) is 3.99. The smallest absolute Gasteiger partial charge is 0.408 e. The summed E-state index contributed by atoms with van der Waals surface area (Å²) in [7, 11) is 0. The van der Waals surface area contributed by atoms with Gasteiger partial charge in [0.2, 0.25) is 11.8 Å². The van der Waals surface area contributed by atoms with Crippen molar-refractivity contribution < 1.29 is 29.0 Å². The van der Waals surface area contributed by atoms with E-state index in [2.05, 4.69) is 10.6 Å². The van der Waals surface area contributed by atoms with E-state index in [4.69, 9.17) is 10.5 Å². The molecule has 9 heteroatoms. The highest BCUT2D eigenvalue weighted by Crippen LogP contribution is 2.16. The molecule has 0 aliphatic carbocycles. The molecule has 162 valence electrons. The highest BCUT2D eigenvalue weighted by atomic mass is 16.6. The summed E-state index contributed by atoms with van der Waals surface area (Å²) < 4.78 is 5.15. The quantitative estimate of drug-likeness (QED) is 0.414. The number of nitrogens with two attached hydrogens (primary N) is 1. The topological polar surface area (TPSA) is 148 Å². The van der Waals surface area contributed by atoms with Crippen molar-refractivity contribution in [2.45, 2.75) is 96.7 Å². The summed E-state index contributed by atoms with van der Waals surface area (Å²) in [5.74, 6) is -2.80. The molecule has 0 spiro atoms. The van der Waals surface area contributed by atoms with Gasteiger partial charge in [0.15, 0.2) is 0 Å². The van der Waals surface area contributed by atoms with Gasteiger partial charge in [-0.15, -0.1) is 0 Å². The Labute approximate surface area is 166 Å². The van der Waals surface area contributed by atoms with Crippen LogP contribution in [-0.4, -0.2) is 46.2 Å². The fourth-order valence-electron chi connectivity index (χ4n) is 2.45. The van der Waals surface area contributed by atoms with Gasteiger partial charge in [-0.1, -0.05) is 39.5 Å². The molecule has 2 atom stereocenters. The predicted molar refractivity (Wildman–Crippen MR) is 105 cm³/mol. The van der Waals surface area contributed by atoms with E-state index in [0.29, 0.717) is 19.3 Å². The Morgan fingerprint density at radius 2 is 1.64 bits per heavy atom. The van der Waals surface area contributed by atoms with Crippen LogP contribution in [0.5, 0.6) is 0 Å². The zero-order chi connectivity index (χ0) is 22.0. The number of unbranched alkanes of at least 4 members (excludes halogenated alkanes) is 2. The number of carboxylic acid groups (broad SMARTS) is 1. The third kappa shape index (κ3) is 10.2. The monoisotopic (exact) mass is 401 g/mol. The molecule has 5 N–H and O–H groups in total. The minimum absolute atomic E-state index is 0.121. The molecule has 0 heterocycles. The van der Waals surface area contributed by atoms with Gasteiger partial charge in [-0.3, -0.25) is 19.7 Å². The molecular formula is C19H35N3O6. The largest absolute Gasteiger partial charge is 0.480 e. The summed E-state index contributed by atoms with van der Waals surface area (Å²) in [5.41, 5.74) is 3.38. The first kappa shape index (κ1) is 25.8. The van der Waals surface area contributed by atoms with Crippen LogP contribution >= 0.6 is 0 Å². The lowest BCUT2D eigenvalue weighted by molar-refractivity contribution is -0.147. The molecule has 0 aliphatic rings. The maximum Gasteiger partial charge on any atom is 0.408 e. The van der Waals surface area contributed by atoms with Crippen molar-refractivity contribution >= 4 is 23.9 Å². The van der Waals surface area contributed by atoms with E-state index < -0.39 is 47.5 Å². The lowest BCUT2D eigenvalue weighted by Crippen LogP contribution is -2.54. The summed E-state index contributed by atoms with van der Waals surface area (Å²) in [5, 5.41) is 13.9. The number of rotatable bonds is 11. The van der Waals surface area contributed by atoms with Crippen LogP contribution in [0.4, 0.5) is 4.79 Å². The molecule has 0 saturated heterocycles. The molecule has 0 aromatic heterocycles. The normalized spacial score (nSPS) is 14.5. The lowest BCUT2D eigenvalue weighted by atomic mass is 9.90. The Bertz CT molecular complexity index is 558. The average molecular weight is 402 g/mol. The van der Waals surface area contributed by atoms with Crippen LogP contribution in [0.3, 0.4) is 0 Å². The van der Waals surface area contributed by atoms with Gasteiger partial charge in [-0.05, 0) is 33.6 Å². The molecule has 0 aliphatic heterocycles. The van der Waals surface area contributed by atoms with Crippen LogP contribution < -0.4 is 16.4 Å². The van der Waals surface area contributed by atoms with Gasteiger partial charge in [0, 0.05) is 0 Å². The first-order valence-corrected chi connectivity index (χ1v) is 9.70. The number of aliphatic carboxylic acids is 1. The second-order valence-corrected chi connectivity index (χ2v) is 8.00. The highest BCUT2D eigenvalue weighted by Gasteiger charge is 2.36. The number of amides is 3. The molecule has 0 rings (SSSR count). The van der Waals surface area contributed by atoms with E-state index in [9.17, 15) is 24.3 Å². The van der Waals surface area contributed by atoms with E-state index in [-0.39, 0.29) is 6.42 Å². The molecule has 0 fully saturated rings. The molecule has 0 aromatic carbocycles. The van der Waals surface area contributed by atoms with E-state index in [1.807, 2.05) is 13.8 Å². The standard InChI is InChI=1S/C19H35N3O6/c1-6-8-10-13(21-17(27)28-18(3,4)5)15(24)22-14(23)12-19(20,16(25)26)11-9-7-2/h13H,6-12,20H2,1-5H3,(H,21,27)(H,25,26)(H,22,23,24). The Balaban J connectivity index is 5.01. The Kier molecular flexibility index (Phi) is 10.7. The molecule has 2 unspecified atom stereocenters. The summed E-state index contributed by atoms with van der Waals surface area (Å²) in [6, 6.07) is -0.966. The first-order chi connectivity index (χ1) is 12.8. The molecular weight excluding hydrogens is 366 g/mol. The van der Waals surface area contributed by atoms with Crippen LogP contribution in [0.25, 0.3) is 0 Å². The molecule has 0 saturated carbocycles. The van der Waals surface area contributed by atoms with Crippen molar-refractivity contribution in [1.29, 1.82) is 0 Å². The number of carbonyl (C=O) groups is 4. The van der Waals surface area contributed by atoms with Crippen LogP contribution in [-0.2, 0) is 19.1 Å². The third-order valence-corrected chi connectivity index (χ3v) is 3.99. The van der Waals surface area contributed by atoms with Crippen LogP contribution in [0.2, 0.25) is 0 Å². The molecule has 3 amide bonds. The number of ether oxygens (including phenoxy) is 1. The van der Waals surface area contributed by atoms with Crippen LogP contribution in [0.15, 0.2) is 0 Å². The van der Waals surface area contributed by atoms with Crippen molar-refractivity contribution in [1.82, 2.24) is 10.6 Å². The summed E-state index contributed by atoms with van der Waals surface area (Å²) in [6.07, 6.45) is 1.85.